The van der Waals surface area contributed by atoms with Gasteiger partial charge in [0.25, 0.3) is 0 Å². The smallest absolute Gasteiger partial charge is 0.245 e. The molecule has 1 aromatic heterocycles. The van der Waals surface area contributed by atoms with E-state index in [-0.39, 0.29) is 30.3 Å². The van der Waals surface area contributed by atoms with Gasteiger partial charge in [-0.05, 0) is 20.3 Å². The second-order valence-electron chi connectivity index (χ2n) is 5.20. The average molecular weight is 297 g/mol. The molecular formula is C14H23N3O2S. The molecule has 0 bridgehead atoms. The number of rotatable bonds is 6. The van der Waals surface area contributed by atoms with Gasteiger partial charge in [-0.3, -0.25) is 9.59 Å². The van der Waals surface area contributed by atoms with Crippen molar-refractivity contribution in [3.8, 4) is 0 Å². The molecule has 1 aromatic rings. The van der Waals surface area contributed by atoms with Crippen molar-refractivity contribution in [2.24, 2.45) is 5.92 Å². The number of hydrogen-bond donors (Lipinski definition) is 1. The molecule has 1 rings (SSSR count). The number of nitrogens with zero attached hydrogens (tertiary/aromatic N) is 2. The Hall–Kier alpha value is -1.43. The topological polar surface area (TPSA) is 62.3 Å². The number of carbonyl (C=O) groups is 2. The number of aryl methyl sites for hydroxylation is 1. The molecule has 6 heteroatoms. The lowest BCUT2D eigenvalue weighted by molar-refractivity contribution is -0.139. The summed E-state index contributed by atoms with van der Waals surface area (Å²) in [6.07, 6.45) is 2.54. The first-order valence-electron chi connectivity index (χ1n) is 6.87. The minimum atomic E-state index is -0.200. The lowest BCUT2D eigenvalue weighted by atomic mass is 10.1. The molecule has 1 heterocycles. The average Bonchev–Trinajstić information content (AvgIpc) is 2.79. The Balaban J connectivity index is 2.69. The van der Waals surface area contributed by atoms with Crippen molar-refractivity contribution in [2.45, 2.75) is 47.1 Å². The van der Waals surface area contributed by atoms with E-state index in [9.17, 15) is 9.59 Å². The molecular weight excluding hydrogens is 274 g/mol. The molecule has 0 radical (unpaired) electrons. The van der Waals surface area contributed by atoms with Gasteiger partial charge in [0.2, 0.25) is 11.8 Å². The van der Waals surface area contributed by atoms with Crippen LogP contribution < -0.4 is 5.32 Å². The van der Waals surface area contributed by atoms with Crippen molar-refractivity contribution in [3.05, 3.63) is 11.1 Å². The zero-order valence-electron chi connectivity index (χ0n) is 12.8. The summed E-state index contributed by atoms with van der Waals surface area (Å²) >= 11 is 1.43. The van der Waals surface area contributed by atoms with Crippen LogP contribution in [0.5, 0.6) is 0 Å². The molecule has 0 aliphatic heterocycles. The fraction of sp³-hybridized carbons (Fsp3) is 0.643. The Bertz CT molecular complexity index is 471. The highest BCUT2D eigenvalue weighted by Gasteiger charge is 2.24. The fourth-order valence-electron chi connectivity index (χ4n) is 1.73. The van der Waals surface area contributed by atoms with Crippen LogP contribution in [0.2, 0.25) is 0 Å². The largest absolute Gasteiger partial charge is 0.330 e. The van der Waals surface area contributed by atoms with Crippen LogP contribution in [0.15, 0.2) is 6.20 Å². The van der Waals surface area contributed by atoms with Crippen LogP contribution in [-0.4, -0.2) is 34.3 Å². The van der Waals surface area contributed by atoms with Crippen molar-refractivity contribution < 1.29 is 9.59 Å². The van der Waals surface area contributed by atoms with Crippen LogP contribution >= 0.6 is 11.3 Å². The molecule has 0 aromatic carbocycles. The number of nitrogens with one attached hydrogen (secondary N) is 1. The van der Waals surface area contributed by atoms with E-state index >= 15 is 0 Å². The van der Waals surface area contributed by atoms with Gasteiger partial charge in [0, 0.05) is 23.0 Å². The van der Waals surface area contributed by atoms with E-state index in [2.05, 4.69) is 10.3 Å². The predicted molar refractivity (Wildman–Crippen MR) is 81.8 cm³/mol. The molecule has 112 valence electrons. The van der Waals surface area contributed by atoms with Gasteiger partial charge >= 0.3 is 0 Å². The number of carbonyl (C=O) groups excluding carboxylic acids is 2. The normalized spacial score (nSPS) is 12.3. The maximum atomic E-state index is 12.2. The monoisotopic (exact) mass is 297 g/mol. The molecule has 1 unspecified atom stereocenters. The third kappa shape index (κ3) is 4.59. The second-order valence-corrected chi connectivity index (χ2v) is 6.44. The summed E-state index contributed by atoms with van der Waals surface area (Å²) in [5, 5.41) is 3.32. The minimum absolute atomic E-state index is 0.00446. The first-order valence-corrected chi connectivity index (χ1v) is 7.69. The van der Waals surface area contributed by atoms with Gasteiger partial charge in [-0.15, -0.1) is 11.3 Å². The van der Waals surface area contributed by atoms with Gasteiger partial charge in [-0.2, -0.15) is 0 Å². The highest BCUT2D eigenvalue weighted by molar-refractivity contribution is 7.15. The molecule has 0 saturated carbocycles. The predicted octanol–water partition coefficient (Wildman–Crippen LogP) is 2.67. The van der Waals surface area contributed by atoms with E-state index < -0.39 is 0 Å². The van der Waals surface area contributed by atoms with Gasteiger partial charge in [0.15, 0.2) is 5.13 Å². The lowest BCUT2D eigenvalue weighted by Gasteiger charge is -2.29. The summed E-state index contributed by atoms with van der Waals surface area (Å²) in [4.78, 5) is 31.0. The number of aromatic nitrogens is 1. The molecule has 0 aliphatic rings. The van der Waals surface area contributed by atoms with Crippen LogP contribution in [0.4, 0.5) is 5.13 Å². The fourth-order valence-corrected chi connectivity index (χ4v) is 2.41. The van der Waals surface area contributed by atoms with Crippen LogP contribution in [-0.2, 0) is 9.59 Å². The Labute approximate surface area is 124 Å². The maximum absolute atomic E-state index is 12.2. The van der Waals surface area contributed by atoms with Crippen LogP contribution in [0.3, 0.4) is 0 Å². The van der Waals surface area contributed by atoms with Gasteiger partial charge in [-0.1, -0.05) is 20.8 Å². The summed E-state index contributed by atoms with van der Waals surface area (Å²) in [5.41, 5.74) is 0. The van der Waals surface area contributed by atoms with Crippen molar-refractivity contribution in [1.82, 2.24) is 9.88 Å². The third-order valence-electron chi connectivity index (χ3n) is 3.08. The van der Waals surface area contributed by atoms with Crippen molar-refractivity contribution in [1.29, 1.82) is 0 Å². The molecule has 5 nitrogen and oxygen atoms in total. The Morgan fingerprint density at radius 1 is 1.40 bits per heavy atom. The molecule has 20 heavy (non-hydrogen) atoms. The Kier molecular flexibility index (Phi) is 6.13. The summed E-state index contributed by atoms with van der Waals surface area (Å²) < 4.78 is 0. The Morgan fingerprint density at radius 2 is 2.05 bits per heavy atom. The highest BCUT2D eigenvalue weighted by Crippen LogP contribution is 2.17. The summed E-state index contributed by atoms with van der Waals surface area (Å²) in [7, 11) is 0. The van der Waals surface area contributed by atoms with Gasteiger partial charge in [0.1, 0.15) is 6.54 Å². The van der Waals surface area contributed by atoms with Gasteiger partial charge in [-0.25, -0.2) is 4.98 Å². The molecule has 1 atom stereocenters. The molecule has 0 fully saturated rings. The SMILES string of the molecule is CCC(C)N(CC(=O)Nc1ncc(C)s1)C(=O)C(C)C. The standard InChI is InChI=1S/C14H23N3O2S/c1-6-10(4)17(13(19)9(2)3)8-12(18)16-14-15-7-11(5)20-14/h7,9-10H,6,8H2,1-5H3,(H,15,16,18). The molecule has 0 saturated heterocycles. The second kappa shape index (κ2) is 7.38. The zero-order valence-corrected chi connectivity index (χ0v) is 13.6. The number of thiazole rings is 1. The van der Waals surface area contributed by atoms with Crippen molar-refractivity contribution in [2.75, 3.05) is 11.9 Å². The summed E-state index contributed by atoms with van der Waals surface area (Å²) in [6.45, 7) is 9.67. The molecule has 2 amide bonds. The molecule has 1 N–H and O–H groups in total. The maximum Gasteiger partial charge on any atom is 0.245 e. The number of amides is 2. The van der Waals surface area contributed by atoms with Crippen molar-refractivity contribution in [3.63, 3.8) is 0 Å². The number of hydrogen-bond acceptors (Lipinski definition) is 4. The zero-order chi connectivity index (χ0) is 15.3. The summed E-state index contributed by atoms with van der Waals surface area (Å²) in [6, 6.07) is 0.0497. The van der Waals surface area contributed by atoms with E-state index in [0.29, 0.717) is 5.13 Å². The molecule has 0 aliphatic carbocycles. The quantitative estimate of drug-likeness (QED) is 0.878. The third-order valence-corrected chi connectivity index (χ3v) is 3.91. The van der Waals surface area contributed by atoms with Gasteiger partial charge < -0.3 is 10.2 Å². The first-order chi connectivity index (χ1) is 9.35. The number of anilines is 1. The van der Waals surface area contributed by atoms with Crippen LogP contribution in [0, 0.1) is 12.8 Å². The van der Waals surface area contributed by atoms with Crippen molar-refractivity contribution >= 4 is 28.3 Å². The first kappa shape index (κ1) is 16.6. The van der Waals surface area contributed by atoms with E-state index in [1.165, 1.54) is 11.3 Å². The van der Waals surface area contributed by atoms with Crippen LogP contribution in [0.1, 0.15) is 39.0 Å². The minimum Gasteiger partial charge on any atom is -0.330 e. The molecule has 0 spiro atoms. The highest BCUT2D eigenvalue weighted by atomic mass is 32.1. The van der Waals surface area contributed by atoms with Gasteiger partial charge in [0.05, 0.1) is 0 Å². The van der Waals surface area contributed by atoms with E-state index in [1.54, 1.807) is 11.1 Å². The summed E-state index contributed by atoms with van der Waals surface area (Å²) in [5.74, 6) is -0.308. The lowest BCUT2D eigenvalue weighted by Crippen LogP contribution is -2.45. The van der Waals surface area contributed by atoms with E-state index in [1.807, 2.05) is 34.6 Å². The van der Waals surface area contributed by atoms with Crippen LogP contribution in [0.25, 0.3) is 0 Å². The van der Waals surface area contributed by atoms with E-state index in [4.69, 9.17) is 0 Å². The Morgan fingerprint density at radius 3 is 2.50 bits per heavy atom. The van der Waals surface area contributed by atoms with E-state index in [0.717, 1.165) is 11.3 Å².